The summed E-state index contributed by atoms with van der Waals surface area (Å²) in [4.78, 5) is 21.8. The summed E-state index contributed by atoms with van der Waals surface area (Å²) in [6.07, 6.45) is -0.669. The molecule has 0 heterocycles. The first-order chi connectivity index (χ1) is 8.46. The summed E-state index contributed by atoms with van der Waals surface area (Å²) >= 11 is 0. The maximum absolute atomic E-state index is 11.4. The predicted octanol–water partition coefficient (Wildman–Crippen LogP) is -0.0964. The average Bonchev–Trinajstić information content (AvgIpc) is 2.20. The van der Waals surface area contributed by atoms with Crippen LogP contribution in [-0.4, -0.2) is 49.5 Å². The lowest BCUT2D eigenvalue weighted by molar-refractivity contribution is -0.136. The number of hydrogen-bond donors (Lipinski definition) is 3. The van der Waals surface area contributed by atoms with Crippen LogP contribution in [0.3, 0.4) is 0 Å². The van der Waals surface area contributed by atoms with Gasteiger partial charge in [-0.3, -0.25) is 4.79 Å². The molecular weight excluding hydrogens is 276 g/mol. The molecule has 8 nitrogen and oxygen atoms in total. The smallest absolute Gasteiger partial charge is 0.407 e. The minimum Gasteiger partial charge on any atom is -0.480 e. The van der Waals surface area contributed by atoms with Gasteiger partial charge in [0.15, 0.2) is 5.25 Å². The second kappa shape index (κ2) is 6.71. The van der Waals surface area contributed by atoms with Gasteiger partial charge in [-0.05, 0) is 27.7 Å². The number of nitrogens with one attached hydrogen (secondary N) is 2. The van der Waals surface area contributed by atoms with Gasteiger partial charge in [0.2, 0.25) is 10.0 Å². The fourth-order valence-electron chi connectivity index (χ4n) is 0.930. The van der Waals surface area contributed by atoms with E-state index in [1.54, 1.807) is 20.8 Å². The van der Waals surface area contributed by atoms with Crippen LogP contribution < -0.4 is 10.0 Å². The van der Waals surface area contributed by atoms with Crippen molar-refractivity contribution in [2.24, 2.45) is 0 Å². The van der Waals surface area contributed by atoms with Crippen LogP contribution in [0, 0.1) is 0 Å². The Morgan fingerprint density at radius 2 is 1.79 bits per heavy atom. The first-order valence-electron chi connectivity index (χ1n) is 5.64. The van der Waals surface area contributed by atoms with Crippen LogP contribution in [0.1, 0.15) is 27.7 Å². The Kier molecular flexibility index (Phi) is 6.23. The zero-order chi connectivity index (χ0) is 15.3. The van der Waals surface area contributed by atoms with Gasteiger partial charge in [0.25, 0.3) is 0 Å². The van der Waals surface area contributed by atoms with Crippen molar-refractivity contribution in [3.63, 3.8) is 0 Å². The van der Waals surface area contributed by atoms with E-state index in [2.05, 4.69) is 10.0 Å². The molecule has 9 heteroatoms. The monoisotopic (exact) mass is 296 g/mol. The molecule has 0 aliphatic heterocycles. The molecule has 1 amide bonds. The standard InChI is InChI=1S/C10H20N2O6S/c1-7(8(13)14)19(16,17)12-6-5-11-9(15)18-10(2,3)4/h7,12H,5-6H2,1-4H3,(H,11,15)(H,13,14). The molecular formula is C10H20N2O6S. The molecule has 0 fully saturated rings. The van der Waals surface area contributed by atoms with E-state index in [1.165, 1.54) is 0 Å². The second-order valence-corrected chi connectivity index (χ2v) is 6.93. The number of amides is 1. The van der Waals surface area contributed by atoms with Gasteiger partial charge >= 0.3 is 12.1 Å². The molecule has 0 rings (SSSR count). The fraction of sp³-hybridized carbons (Fsp3) is 0.800. The number of carbonyl (C=O) groups is 2. The Morgan fingerprint density at radius 1 is 1.26 bits per heavy atom. The third-order valence-electron chi connectivity index (χ3n) is 1.91. The molecule has 0 aromatic carbocycles. The lowest BCUT2D eigenvalue weighted by atomic mass is 10.2. The van der Waals surface area contributed by atoms with E-state index in [-0.39, 0.29) is 13.1 Å². The van der Waals surface area contributed by atoms with E-state index in [4.69, 9.17) is 9.84 Å². The molecule has 3 N–H and O–H groups in total. The zero-order valence-corrected chi connectivity index (χ0v) is 12.2. The topological polar surface area (TPSA) is 122 Å². The van der Waals surface area contributed by atoms with Crippen molar-refractivity contribution in [2.45, 2.75) is 38.5 Å². The van der Waals surface area contributed by atoms with Crippen molar-refractivity contribution >= 4 is 22.1 Å². The van der Waals surface area contributed by atoms with Crippen molar-refractivity contribution in [2.75, 3.05) is 13.1 Å². The van der Waals surface area contributed by atoms with E-state index < -0.39 is 32.9 Å². The van der Waals surface area contributed by atoms with E-state index in [9.17, 15) is 18.0 Å². The fourth-order valence-corrected chi connectivity index (χ4v) is 1.83. The molecule has 1 atom stereocenters. The van der Waals surface area contributed by atoms with Crippen molar-refractivity contribution in [3.05, 3.63) is 0 Å². The molecule has 112 valence electrons. The Bertz CT molecular complexity index is 426. The number of aliphatic carboxylic acids is 1. The quantitative estimate of drug-likeness (QED) is 0.589. The molecule has 19 heavy (non-hydrogen) atoms. The maximum Gasteiger partial charge on any atom is 0.407 e. The van der Waals surface area contributed by atoms with Crippen LogP contribution in [0.4, 0.5) is 4.79 Å². The summed E-state index contributed by atoms with van der Waals surface area (Å²) in [5, 5.41) is 9.38. The number of ether oxygens (including phenoxy) is 1. The van der Waals surface area contributed by atoms with Gasteiger partial charge in [0.05, 0.1) is 0 Å². The first kappa shape index (κ1) is 17.6. The van der Waals surface area contributed by atoms with Crippen molar-refractivity contribution in [1.82, 2.24) is 10.0 Å². The van der Waals surface area contributed by atoms with Gasteiger partial charge in [0.1, 0.15) is 5.60 Å². The van der Waals surface area contributed by atoms with Crippen LogP contribution in [0.25, 0.3) is 0 Å². The number of carboxylic acid groups (broad SMARTS) is 1. The molecule has 1 unspecified atom stereocenters. The molecule has 0 aromatic rings. The predicted molar refractivity (Wildman–Crippen MR) is 68.3 cm³/mol. The van der Waals surface area contributed by atoms with Crippen LogP contribution in [0.5, 0.6) is 0 Å². The summed E-state index contributed by atoms with van der Waals surface area (Å²) in [6.45, 7) is 6.04. The Labute approximate surface area is 112 Å². The molecule has 0 aliphatic rings. The number of rotatable bonds is 6. The number of carboxylic acids is 1. The molecule has 0 bridgehead atoms. The van der Waals surface area contributed by atoms with Gasteiger partial charge < -0.3 is 15.2 Å². The zero-order valence-electron chi connectivity index (χ0n) is 11.4. The normalized spacial score (nSPS) is 13.7. The summed E-state index contributed by atoms with van der Waals surface area (Å²) in [5.41, 5.74) is -0.637. The van der Waals surface area contributed by atoms with Crippen LogP contribution in [-0.2, 0) is 19.6 Å². The van der Waals surface area contributed by atoms with E-state index >= 15 is 0 Å². The van der Waals surface area contributed by atoms with Gasteiger partial charge in [-0.25, -0.2) is 17.9 Å². The number of sulfonamides is 1. The van der Waals surface area contributed by atoms with Gasteiger partial charge in [-0.15, -0.1) is 0 Å². The highest BCUT2D eigenvalue weighted by Crippen LogP contribution is 2.06. The van der Waals surface area contributed by atoms with Gasteiger partial charge in [-0.1, -0.05) is 0 Å². The Hall–Kier alpha value is -1.35. The summed E-state index contributed by atoms with van der Waals surface area (Å²) in [7, 11) is -3.93. The van der Waals surface area contributed by atoms with E-state index in [0.29, 0.717) is 0 Å². The average molecular weight is 296 g/mol. The molecule has 0 radical (unpaired) electrons. The first-order valence-corrected chi connectivity index (χ1v) is 7.18. The third kappa shape index (κ3) is 7.62. The third-order valence-corrected chi connectivity index (χ3v) is 3.65. The SMILES string of the molecule is CC(C(=O)O)S(=O)(=O)NCCNC(=O)OC(C)(C)C. The second-order valence-electron chi connectivity index (χ2n) is 4.85. The van der Waals surface area contributed by atoms with Crippen LogP contribution in [0.2, 0.25) is 0 Å². The van der Waals surface area contributed by atoms with Crippen LogP contribution in [0.15, 0.2) is 0 Å². The largest absolute Gasteiger partial charge is 0.480 e. The highest BCUT2D eigenvalue weighted by Gasteiger charge is 2.26. The summed E-state index contributed by atoms with van der Waals surface area (Å²) < 4.78 is 29.8. The summed E-state index contributed by atoms with van der Waals surface area (Å²) in [5.74, 6) is -1.44. The van der Waals surface area contributed by atoms with E-state index in [1.807, 2.05) is 0 Å². The molecule has 0 spiro atoms. The van der Waals surface area contributed by atoms with Crippen molar-refractivity contribution in [3.8, 4) is 0 Å². The van der Waals surface area contributed by atoms with Gasteiger partial charge in [-0.2, -0.15) is 0 Å². The summed E-state index contributed by atoms with van der Waals surface area (Å²) in [6, 6.07) is 0. The van der Waals surface area contributed by atoms with Crippen LogP contribution >= 0.6 is 0 Å². The molecule has 0 aliphatic carbocycles. The Balaban J connectivity index is 4.06. The van der Waals surface area contributed by atoms with Gasteiger partial charge in [0, 0.05) is 13.1 Å². The minimum atomic E-state index is -3.93. The number of carbonyl (C=O) groups excluding carboxylic acids is 1. The number of alkyl carbamates (subject to hydrolysis) is 1. The minimum absolute atomic E-state index is 0.000479. The van der Waals surface area contributed by atoms with Crippen molar-refractivity contribution in [1.29, 1.82) is 0 Å². The highest BCUT2D eigenvalue weighted by molar-refractivity contribution is 7.90. The maximum atomic E-state index is 11.4. The Morgan fingerprint density at radius 3 is 2.21 bits per heavy atom. The molecule has 0 aromatic heterocycles. The lowest BCUT2D eigenvalue weighted by Crippen LogP contribution is -2.42. The molecule has 0 saturated carbocycles. The van der Waals surface area contributed by atoms with E-state index in [0.717, 1.165) is 6.92 Å². The molecule has 0 saturated heterocycles. The number of hydrogen-bond acceptors (Lipinski definition) is 5. The lowest BCUT2D eigenvalue weighted by Gasteiger charge is -2.19. The highest BCUT2D eigenvalue weighted by atomic mass is 32.2. The van der Waals surface area contributed by atoms with Crippen molar-refractivity contribution < 1.29 is 27.9 Å².